The lowest BCUT2D eigenvalue weighted by molar-refractivity contribution is 0.0686. The fraction of sp³-hybridized carbons (Fsp3) is 0.182. The first-order valence-corrected chi connectivity index (χ1v) is 4.39. The summed E-state index contributed by atoms with van der Waals surface area (Å²) in [7, 11) is 0. The first-order valence-electron chi connectivity index (χ1n) is 4.39. The largest absolute Gasteiger partial charge is 0.477 e. The van der Waals surface area contributed by atoms with Crippen LogP contribution in [0.4, 0.5) is 8.78 Å². The number of aliphatic hydroxyl groups excluding tert-OH is 1. The van der Waals surface area contributed by atoms with Crippen LogP contribution in [0.15, 0.2) is 12.1 Å². The summed E-state index contributed by atoms with van der Waals surface area (Å²) in [4.78, 5) is 10.6. The highest BCUT2D eigenvalue weighted by atomic mass is 19.1. The van der Waals surface area contributed by atoms with E-state index in [9.17, 15) is 13.6 Å². The van der Waals surface area contributed by atoms with Crippen LogP contribution in [0.5, 0.6) is 0 Å². The molecule has 0 aliphatic heterocycles. The van der Waals surface area contributed by atoms with Crippen molar-refractivity contribution < 1.29 is 23.8 Å². The molecule has 0 saturated heterocycles. The minimum atomic E-state index is -1.68. The molecular formula is C11H8F2O3. The smallest absolute Gasteiger partial charge is 0.341 e. The van der Waals surface area contributed by atoms with Gasteiger partial charge in [0.2, 0.25) is 0 Å². The van der Waals surface area contributed by atoms with Crippen molar-refractivity contribution in [1.29, 1.82) is 0 Å². The topological polar surface area (TPSA) is 57.5 Å². The van der Waals surface area contributed by atoms with Gasteiger partial charge in [-0.25, -0.2) is 13.6 Å². The summed E-state index contributed by atoms with van der Waals surface area (Å²) in [5.41, 5.74) is -1.22. The van der Waals surface area contributed by atoms with Crippen LogP contribution in [0.1, 0.15) is 22.3 Å². The number of rotatable bonds is 2. The summed E-state index contributed by atoms with van der Waals surface area (Å²) < 4.78 is 26.4. The zero-order chi connectivity index (χ0) is 12.1. The van der Waals surface area contributed by atoms with Gasteiger partial charge in [0.1, 0.15) is 11.4 Å². The molecule has 0 aliphatic carbocycles. The average Bonchev–Trinajstić information content (AvgIpc) is 2.21. The molecule has 1 aromatic rings. The van der Waals surface area contributed by atoms with Crippen molar-refractivity contribution in [3.05, 3.63) is 34.9 Å². The first-order chi connectivity index (χ1) is 7.57. The van der Waals surface area contributed by atoms with E-state index in [1.54, 1.807) is 0 Å². The van der Waals surface area contributed by atoms with Crippen LogP contribution in [0.2, 0.25) is 0 Å². The van der Waals surface area contributed by atoms with Crippen LogP contribution in [-0.4, -0.2) is 22.8 Å². The highest BCUT2D eigenvalue weighted by molar-refractivity contribution is 5.88. The fourth-order valence-electron chi connectivity index (χ4n) is 1.06. The quantitative estimate of drug-likeness (QED) is 0.749. The summed E-state index contributed by atoms with van der Waals surface area (Å²) in [6.07, 6.45) is 0.138. The highest BCUT2D eigenvalue weighted by Crippen LogP contribution is 2.16. The predicted octanol–water partition coefficient (Wildman–Crippen LogP) is 1.40. The number of carboxylic acids is 1. The molecule has 1 rings (SSSR count). The third kappa shape index (κ3) is 2.55. The van der Waals surface area contributed by atoms with Crippen molar-refractivity contribution in [3.8, 4) is 11.8 Å². The number of hydrogen-bond donors (Lipinski definition) is 2. The number of halogens is 2. The van der Waals surface area contributed by atoms with Crippen LogP contribution in [0.3, 0.4) is 0 Å². The summed E-state index contributed by atoms with van der Waals surface area (Å²) in [6, 6.07) is 1.90. The predicted molar refractivity (Wildman–Crippen MR) is 51.9 cm³/mol. The van der Waals surface area contributed by atoms with E-state index in [0.29, 0.717) is 0 Å². The van der Waals surface area contributed by atoms with E-state index >= 15 is 0 Å². The van der Waals surface area contributed by atoms with Gasteiger partial charge >= 0.3 is 5.97 Å². The minimum Gasteiger partial charge on any atom is -0.477 e. The molecular weight excluding hydrogens is 218 g/mol. The third-order valence-corrected chi connectivity index (χ3v) is 1.76. The number of hydrogen-bond acceptors (Lipinski definition) is 2. The molecule has 5 heteroatoms. The molecule has 0 heterocycles. The Kier molecular flexibility index (Phi) is 3.97. The molecule has 0 atom stereocenters. The molecule has 0 bridgehead atoms. The SMILES string of the molecule is O=C(O)c1c(F)ccc(C#CCCO)c1F. The summed E-state index contributed by atoms with van der Waals surface area (Å²) in [6.45, 7) is -0.179. The van der Waals surface area contributed by atoms with Gasteiger partial charge in [-0.05, 0) is 12.1 Å². The van der Waals surface area contributed by atoms with E-state index in [1.807, 2.05) is 0 Å². The molecule has 2 N–H and O–H groups in total. The Morgan fingerprint density at radius 2 is 2.06 bits per heavy atom. The maximum absolute atomic E-state index is 13.4. The van der Waals surface area contributed by atoms with Gasteiger partial charge in [-0.1, -0.05) is 11.8 Å². The van der Waals surface area contributed by atoms with E-state index in [0.717, 1.165) is 12.1 Å². The molecule has 0 radical (unpaired) electrons. The van der Waals surface area contributed by atoms with Crippen molar-refractivity contribution >= 4 is 5.97 Å². The second-order valence-electron chi connectivity index (χ2n) is 2.86. The van der Waals surface area contributed by atoms with Gasteiger partial charge in [-0.3, -0.25) is 0 Å². The average molecular weight is 226 g/mol. The van der Waals surface area contributed by atoms with Gasteiger partial charge in [0, 0.05) is 6.42 Å². The Morgan fingerprint density at radius 3 is 2.62 bits per heavy atom. The van der Waals surface area contributed by atoms with E-state index in [4.69, 9.17) is 10.2 Å². The van der Waals surface area contributed by atoms with Gasteiger partial charge in [0.25, 0.3) is 0 Å². The van der Waals surface area contributed by atoms with Crippen molar-refractivity contribution in [2.75, 3.05) is 6.61 Å². The third-order valence-electron chi connectivity index (χ3n) is 1.76. The number of aliphatic hydroxyl groups is 1. The molecule has 0 aromatic heterocycles. The van der Waals surface area contributed by atoms with Crippen molar-refractivity contribution in [2.45, 2.75) is 6.42 Å². The van der Waals surface area contributed by atoms with E-state index in [1.165, 1.54) is 0 Å². The lowest BCUT2D eigenvalue weighted by atomic mass is 10.1. The molecule has 0 unspecified atom stereocenters. The minimum absolute atomic E-state index is 0.138. The highest BCUT2D eigenvalue weighted by Gasteiger charge is 2.18. The van der Waals surface area contributed by atoms with E-state index in [2.05, 4.69) is 11.8 Å². The maximum atomic E-state index is 13.4. The summed E-state index contributed by atoms with van der Waals surface area (Å²) >= 11 is 0. The lowest BCUT2D eigenvalue weighted by Gasteiger charge is -2.01. The molecule has 1 aromatic carbocycles. The van der Waals surface area contributed by atoms with Crippen LogP contribution >= 0.6 is 0 Å². The molecule has 0 aliphatic rings. The maximum Gasteiger partial charge on any atom is 0.341 e. The second kappa shape index (κ2) is 5.24. The number of benzene rings is 1. The molecule has 0 saturated carbocycles. The normalized spacial score (nSPS) is 9.44. The molecule has 0 fully saturated rings. The fourth-order valence-corrected chi connectivity index (χ4v) is 1.06. The molecule has 0 amide bonds. The van der Waals surface area contributed by atoms with Gasteiger partial charge in [-0.15, -0.1) is 0 Å². The van der Waals surface area contributed by atoms with Crippen molar-refractivity contribution in [1.82, 2.24) is 0 Å². The summed E-state index contributed by atoms with van der Waals surface area (Å²) in [5, 5.41) is 17.0. The molecule has 84 valence electrons. The number of carboxylic acid groups (broad SMARTS) is 1. The zero-order valence-electron chi connectivity index (χ0n) is 8.13. The Labute approximate surface area is 90.3 Å². The second-order valence-corrected chi connectivity index (χ2v) is 2.86. The Balaban J connectivity index is 3.20. The monoisotopic (exact) mass is 226 g/mol. The van der Waals surface area contributed by atoms with E-state index < -0.39 is 23.2 Å². The Morgan fingerprint density at radius 1 is 1.38 bits per heavy atom. The van der Waals surface area contributed by atoms with Gasteiger partial charge < -0.3 is 10.2 Å². The van der Waals surface area contributed by atoms with E-state index in [-0.39, 0.29) is 18.6 Å². The first kappa shape index (κ1) is 12.1. The van der Waals surface area contributed by atoms with Gasteiger partial charge in [-0.2, -0.15) is 0 Å². The van der Waals surface area contributed by atoms with Gasteiger partial charge in [0.05, 0.1) is 12.2 Å². The molecule has 16 heavy (non-hydrogen) atoms. The molecule has 3 nitrogen and oxygen atoms in total. The van der Waals surface area contributed by atoms with Crippen molar-refractivity contribution in [2.24, 2.45) is 0 Å². The standard InChI is InChI=1S/C11H8F2O3/c12-8-5-4-7(3-1-2-6-14)10(13)9(8)11(15)16/h4-5,14H,2,6H2,(H,15,16). The van der Waals surface area contributed by atoms with Gasteiger partial charge in [0.15, 0.2) is 5.82 Å². The summed E-state index contributed by atoms with van der Waals surface area (Å²) in [5.74, 6) is 0.727. The molecule has 0 spiro atoms. The van der Waals surface area contributed by atoms with Crippen LogP contribution in [0, 0.1) is 23.5 Å². The Bertz CT molecular complexity index is 472. The van der Waals surface area contributed by atoms with Crippen LogP contribution in [0.25, 0.3) is 0 Å². The zero-order valence-corrected chi connectivity index (χ0v) is 8.13. The lowest BCUT2D eigenvalue weighted by Crippen LogP contribution is -2.06. The Hall–Kier alpha value is -1.93. The number of aromatic carboxylic acids is 1. The van der Waals surface area contributed by atoms with Crippen molar-refractivity contribution in [3.63, 3.8) is 0 Å². The number of carbonyl (C=O) groups is 1. The van der Waals surface area contributed by atoms with Crippen LogP contribution in [-0.2, 0) is 0 Å². The van der Waals surface area contributed by atoms with Crippen LogP contribution < -0.4 is 0 Å².